The van der Waals surface area contributed by atoms with Crippen molar-refractivity contribution in [2.24, 2.45) is 0 Å². The third-order valence-electron chi connectivity index (χ3n) is 2.97. The summed E-state index contributed by atoms with van der Waals surface area (Å²) in [5, 5.41) is 4.07. The number of aryl methyl sites for hydroxylation is 1. The van der Waals surface area contributed by atoms with Crippen LogP contribution in [-0.4, -0.2) is 14.0 Å². The average Bonchev–Trinajstić information content (AvgIpc) is 2.47. The molecule has 2 nitrogen and oxygen atoms in total. The third-order valence-corrected chi connectivity index (χ3v) is 3.21. The van der Waals surface area contributed by atoms with Gasteiger partial charge in [0.2, 0.25) is 0 Å². The van der Waals surface area contributed by atoms with Crippen molar-refractivity contribution in [3.63, 3.8) is 0 Å². The van der Waals surface area contributed by atoms with Crippen molar-refractivity contribution < 1.29 is 4.65 Å². The molecule has 0 aromatic heterocycles. The summed E-state index contributed by atoms with van der Waals surface area (Å²) in [6, 6.07) is 16.0. The second kappa shape index (κ2) is 7.98. The Kier molecular flexibility index (Phi) is 5.97. The summed E-state index contributed by atoms with van der Waals surface area (Å²) in [6.45, 7) is 3.77. The van der Waals surface area contributed by atoms with Crippen LogP contribution in [0.5, 0.6) is 5.75 Å². The first-order valence-electron chi connectivity index (χ1n) is 6.75. The van der Waals surface area contributed by atoms with Crippen molar-refractivity contribution >= 4 is 19.1 Å². The van der Waals surface area contributed by atoms with Crippen molar-refractivity contribution in [2.45, 2.75) is 19.8 Å². The van der Waals surface area contributed by atoms with Gasteiger partial charge in [0.05, 0.1) is 0 Å². The fourth-order valence-corrected chi connectivity index (χ4v) is 2.00. The Bertz CT molecular complexity index is 533. The van der Waals surface area contributed by atoms with Crippen LogP contribution in [0.15, 0.2) is 48.5 Å². The van der Waals surface area contributed by atoms with Crippen molar-refractivity contribution in [3.8, 4) is 5.75 Å². The van der Waals surface area contributed by atoms with Gasteiger partial charge in [-0.25, -0.2) is 0 Å². The molecule has 0 heterocycles. The molecule has 2 aromatic carbocycles. The molecule has 1 radical (unpaired) electrons. The normalized spacial score (nSPS) is 10.3. The molecule has 1 N–H and O–H groups in total. The van der Waals surface area contributed by atoms with Gasteiger partial charge in [0.25, 0.3) is 0 Å². The average molecular weight is 287 g/mol. The van der Waals surface area contributed by atoms with Crippen molar-refractivity contribution in [1.82, 2.24) is 5.32 Å². The fraction of sp³-hybridized carbons (Fsp3) is 0.250. The summed E-state index contributed by atoms with van der Waals surface area (Å²) < 4.78 is 5.62. The summed E-state index contributed by atoms with van der Waals surface area (Å²) >= 11 is 5.94. The fourth-order valence-electron chi connectivity index (χ4n) is 1.84. The van der Waals surface area contributed by atoms with E-state index in [1.54, 1.807) is 0 Å². The molecule has 0 aliphatic carbocycles. The Morgan fingerprint density at radius 1 is 1.15 bits per heavy atom. The second-order valence-corrected chi connectivity index (χ2v) is 5.08. The zero-order valence-corrected chi connectivity index (χ0v) is 12.4. The minimum absolute atomic E-state index is 0.696. The highest BCUT2D eigenvalue weighted by atomic mass is 35.5. The van der Waals surface area contributed by atoms with Crippen molar-refractivity contribution in [1.29, 1.82) is 0 Å². The van der Waals surface area contributed by atoms with E-state index in [4.69, 9.17) is 16.3 Å². The molecule has 4 heteroatoms. The third kappa shape index (κ3) is 4.91. The first kappa shape index (κ1) is 15.0. The number of halogens is 1. The monoisotopic (exact) mass is 286 g/mol. The highest BCUT2D eigenvalue weighted by molar-refractivity contribution is 6.31. The van der Waals surface area contributed by atoms with E-state index >= 15 is 0 Å². The molecule has 0 spiro atoms. The van der Waals surface area contributed by atoms with Crippen molar-refractivity contribution in [2.75, 3.05) is 6.54 Å². The number of nitrogens with one attached hydrogen (secondary N) is 1. The molecule has 0 bridgehead atoms. The summed E-state index contributed by atoms with van der Waals surface area (Å²) in [6.07, 6.45) is 0.846. The van der Waals surface area contributed by atoms with E-state index in [2.05, 4.69) is 17.4 Å². The van der Waals surface area contributed by atoms with Crippen LogP contribution in [0.1, 0.15) is 11.1 Å². The molecule has 2 aromatic rings. The molecule has 0 saturated heterocycles. The molecule has 0 amide bonds. The lowest BCUT2D eigenvalue weighted by molar-refractivity contribution is 0.580. The Morgan fingerprint density at radius 3 is 2.75 bits per heavy atom. The maximum atomic E-state index is 5.94. The molecular formula is C16H18BClNO. The highest BCUT2D eigenvalue weighted by Crippen LogP contribution is 2.22. The molecule has 103 valence electrons. The van der Waals surface area contributed by atoms with Gasteiger partial charge in [-0.2, -0.15) is 0 Å². The molecule has 20 heavy (non-hydrogen) atoms. The molecule has 2 rings (SSSR count). The van der Waals surface area contributed by atoms with E-state index in [0.29, 0.717) is 5.02 Å². The molecule has 0 saturated carbocycles. The van der Waals surface area contributed by atoms with E-state index in [-0.39, 0.29) is 0 Å². The van der Waals surface area contributed by atoms with Gasteiger partial charge in [0, 0.05) is 11.6 Å². The number of hydrogen-bond acceptors (Lipinski definition) is 2. The zero-order chi connectivity index (χ0) is 14.2. The predicted octanol–water partition coefficient (Wildman–Crippen LogP) is 3.85. The zero-order valence-electron chi connectivity index (χ0n) is 11.6. The van der Waals surface area contributed by atoms with Gasteiger partial charge in [0.1, 0.15) is 5.75 Å². The summed E-state index contributed by atoms with van der Waals surface area (Å²) in [5.74, 6) is 0.820. The molecule has 0 unspecified atom stereocenters. The van der Waals surface area contributed by atoms with Crippen molar-refractivity contribution in [3.05, 3.63) is 64.7 Å². The van der Waals surface area contributed by atoms with Gasteiger partial charge in [-0.05, 0) is 43.0 Å². The second-order valence-electron chi connectivity index (χ2n) is 4.65. The smallest absolute Gasteiger partial charge is 0.371 e. The Labute approximate surface area is 126 Å². The lowest BCUT2D eigenvalue weighted by atomic mass is 9.95. The topological polar surface area (TPSA) is 21.3 Å². The van der Waals surface area contributed by atoms with E-state index in [1.165, 1.54) is 5.56 Å². The van der Waals surface area contributed by atoms with E-state index in [9.17, 15) is 0 Å². The molecule has 0 atom stereocenters. The lowest BCUT2D eigenvalue weighted by Crippen LogP contribution is -2.17. The van der Waals surface area contributed by atoms with E-state index < -0.39 is 0 Å². The van der Waals surface area contributed by atoms with Gasteiger partial charge in [-0.3, -0.25) is 0 Å². The van der Waals surface area contributed by atoms with E-state index in [1.807, 2.05) is 50.8 Å². The molecule has 0 fully saturated rings. The number of benzene rings is 2. The minimum Gasteiger partial charge on any atom is -0.563 e. The van der Waals surface area contributed by atoms with Crippen LogP contribution < -0.4 is 9.97 Å². The maximum absolute atomic E-state index is 5.94. The largest absolute Gasteiger partial charge is 0.563 e. The SMILES string of the molecule is Cc1ccc(Cl)cc1O[B]CCNCc1ccccc1. The van der Waals surface area contributed by atoms with Crippen LogP contribution in [0.2, 0.25) is 11.3 Å². The van der Waals surface area contributed by atoms with Crippen LogP contribution in [0.3, 0.4) is 0 Å². The van der Waals surface area contributed by atoms with Crippen LogP contribution in [0.4, 0.5) is 0 Å². The predicted molar refractivity (Wildman–Crippen MR) is 85.5 cm³/mol. The number of rotatable bonds is 7. The van der Waals surface area contributed by atoms with Gasteiger partial charge >= 0.3 is 7.48 Å². The van der Waals surface area contributed by atoms with E-state index in [0.717, 1.165) is 30.7 Å². The van der Waals surface area contributed by atoms with Gasteiger partial charge in [-0.15, -0.1) is 0 Å². The van der Waals surface area contributed by atoms with Gasteiger partial charge in [0.15, 0.2) is 0 Å². The van der Waals surface area contributed by atoms with Crippen LogP contribution >= 0.6 is 11.6 Å². The first-order chi connectivity index (χ1) is 9.75. The standard InChI is InChI=1S/C16H18BClNO/c1-13-7-8-15(18)11-16(13)20-17-9-10-19-12-14-5-3-2-4-6-14/h2-8,11,19H,9-10,12H2,1H3. The first-order valence-corrected chi connectivity index (χ1v) is 7.12. The summed E-state index contributed by atoms with van der Waals surface area (Å²) in [5.41, 5.74) is 2.38. The van der Waals surface area contributed by atoms with Crippen LogP contribution in [0.25, 0.3) is 0 Å². The van der Waals surface area contributed by atoms with Crippen LogP contribution in [0, 0.1) is 6.92 Å². The molecular weight excluding hydrogens is 268 g/mol. The van der Waals surface area contributed by atoms with Crippen LogP contribution in [-0.2, 0) is 6.54 Å². The Morgan fingerprint density at radius 2 is 1.95 bits per heavy atom. The molecule has 0 aliphatic heterocycles. The quantitative estimate of drug-likeness (QED) is 0.616. The minimum atomic E-state index is 0.696. The molecule has 0 aliphatic rings. The highest BCUT2D eigenvalue weighted by Gasteiger charge is 2.02. The Balaban J connectivity index is 1.63. The number of hydrogen-bond donors (Lipinski definition) is 1. The summed E-state index contributed by atoms with van der Waals surface area (Å²) in [7, 11) is 1.82. The summed E-state index contributed by atoms with van der Waals surface area (Å²) in [4.78, 5) is 0. The van der Waals surface area contributed by atoms with Gasteiger partial charge < -0.3 is 9.97 Å². The Hall–Kier alpha value is -1.45. The lowest BCUT2D eigenvalue weighted by Gasteiger charge is -2.09. The maximum Gasteiger partial charge on any atom is 0.371 e. The van der Waals surface area contributed by atoms with Gasteiger partial charge in [-0.1, -0.05) is 48.0 Å².